The number of aromatic hydroxyl groups is 1. The van der Waals surface area contributed by atoms with E-state index in [0.717, 1.165) is 16.3 Å². The Balaban J connectivity index is 1.55. The minimum absolute atomic E-state index is 0.152. The van der Waals surface area contributed by atoms with E-state index in [9.17, 15) is 5.11 Å². The number of rotatable bonds is 7. The molecule has 0 fully saturated rings. The number of aromatic nitrogens is 3. The van der Waals surface area contributed by atoms with Crippen molar-refractivity contribution in [1.82, 2.24) is 15.0 Å². The second kappa shape index (κ2) is 9.08. The number of hydrogen-bond acceptors (Lipinski definition) is 8. The molecule has 4 rings (SSSR count). The van der Waals surface area contributed by atoms with Crippen LogP contribution in [0.4, 0.5) is 17.8 Å². The molecule has 3 N–H and O–H groups in total. The lowest BCUT2D eigenvalue weighted by molar-refractivity contribution is 0.475. The Labute approximate surface area is 180 Å². The van der Waals surface area contributed by atoms with Crippen molar-refractivity contribution in [3.8, 4) is 5.75 Å². The standard InChI is InChI=1S/C23H23N7O/c1-30(2)23-27-21(24-14-16-8-4-3-5-9-16)26-22(28-23)29-25-15-19-18-11-7-6-10-17(18)12-13-20(19)31/h3-13,15,31H,14H2,1-2H3,(H2,24,26,27,28,29)/b25-15-. The second-order valence-electron chi connectivity index (χ2n) is 7.11. The summed E-state index contributed by atoms with van der Waals surface area (Å²) in [5.74, 6) is 1.38. The summed E-state index contributed by atoms with van der Waals surface area (Å²) in [7, 11) is 3.72. The van der Waals surface area contributed by atoms with Crippen LogP contribution in [0.3, 0.4) is 0 Å². The molecule has 0 amide bonds. The number of benzene rings is 3. The van der Waals surface area contributed by atoms with E-state index >= 15 is 0 Å². The third-order valence-corrected chi connectivity index (χ3v) is 4.62. The number of hydrogen-bond donors (Lipinski definition) is 3. The molecular formula is C23H23N7O. The summed E-state index contributed by atoms with van der Waals surface area (Å²) < 4.78 is 0. The number of nitrogens with zero attached hydrogens (tertiary/aromatic N) is 5. The van der Waals surface area contributed by atoms with E-state index in [0.29, 0.717) is 30.0 Å². The molecule has 0 unspecified atom stereocenters. The van der Waals surface area contributed by atoms with Crippen LogP contribution in [0.25, 0.3) is 10.8 Å². The Kier molecular flexibility index (Phi) is 5.89. The summed E-state index contributed by atoms with van der Waals surface area (Å²) in [4.78, 5) is 15.0. The molecule has 0 atom stereocenters. The monoisotopic (exact) mass is 413 g/mol. The average Bonchev–Trinajstić information content (AvgIpc) is 2.80. The fourth-order valence-corrected chi connectivity index (χ4v) is 3.05. The predicted octanol–water partition coefficient (Wildman–Crippen LogP) is 3.85. The maximum Gasteiger partial charge on any atom is 0.250 e. The Morgan fingerprint density at radius 1 is 0.903 bits per heavy atom. The molecule has 8 nitrogen and oxygen atoms in total. The minimum atomic E-state index is 0.152. The van der Waals surface area contributed by atoms with Crippen molar-refractivity contribution in [2.75, 3.05) is 29.7 Å². The van der Waals surface area contributed by atoms with E-state index in [2.05, 4.69) is 30.8 Å². The van der Waals surface area contributed by atoms with Gasteiger partial charge in [0.1, 0.15) is 5.75 Å². The molecule has 0 aliphatic heterocycles. The Hall–Kier alpha value is -4.20. The van der Waals surface area contributed by atoms with Gasteiger partial charge in [-0.05, 0) is 22.4 Å². The molecule has 0 spiro atoms. The van der Waals surface area contributed by atoms with Gasteiger partial charge in [-0.15, -0.1) is 0 Å². The topological polar surface area (TPSA) is 98.6 Å². The van der Waals surface area contributed by atoms with Crippen LogP contribution in [-0.4, -0.2) is 40.4 Å². The van der Waals surface area contributed by atoms with E-state index < -0.39 is 0 Å². The van der Waals surface area contributed by atoms with Crippen LogP contribution in [-0.2, 0) is 6.54 Å². The molecule has 31 heavy (non-hydrogen) atoms. The smallest absolute Gasteiger partial charge is 0.250 e. The lowest BCUT2D eigenvalue weighted by Gasteiger charge is -2.13. The summed E-state index contributed by atoms with van der Waals surface area (Å²) >= 11 is 0. The van der Waals surface area contributed by atoms with Crippen LogP contribution in [0, 0.1) is 0 Å². The summed E-state index contributed by atoms with van der Waals surface area (Å²) in [5, 5.41) is 19.7. The van der Waals surface area contributed by atoms with Crippen LogP contribution in [0.15, 0.2) is 71.8 Å². The van der Waals surface area contributed by atoms with Gasteiger partial charge in [-0.25, -0.2) is 5.43 Å². The number of nitrogens with one attached hydrogen (secondary N) is 2. The third-order valence-electron chi connectivity index (χ3n) is 4.62. The van der Waals surface area contributed by atoms with Gasteiger partial charge in [0.15, 0.2) is 0 Å². The summed E-state index contributed by atoms with van der Waals surface area (Å²) in [6.07, 6.45) is 1.56. The van der Waals surface area contributed by atoms with Crippen molar-refractivity contribution < 1.29 is 5.11 Å². The van der Waals surface area contributed by atoms with Crippen molar-refractivity contribution in [2.24, 2.45) is 5.10 Å². The van der Waals surface area contributed by atoms with Crippen molar-refractivity contribution in [3.63, 3.8) is 0 Å². The van der Waals surface area contributed by atoms with E-state index in [1.807, 2.05) is 74.8 Å². The number of hydrazone groups is 1. The SMILES string of the molecule is CN(C)c1nc(NCc2ccccc2)nc(N/N=C\c2c(O)ccc3ccccc23)n1. The maximum atomic E-state index is 10.3. The molecule has 8 heteroatoms. The first-order chi connectivity index (χ1) is 15.1. The average molecular weight is 413 g/mol. The molecule has 4 aromatic rings. The maximum absolute atomic E-state index is 10.3. The highest BCUT2D eigenvalue weighted by atomic mass is 16.3. The van der Waals surface area contributed by atoms with Gasteiger partial charge in [-0.2, -0.15) is 20.1 Å². The Morgan fingerprint density at radius 3 is 2.45 bits per heavy atom. The number of anilines is 3. The molecule has 3 aromatic carbocycles. The van der Waals surface area contributed by atoms with E-state index in [1.54, 1.807) is 17.2 Å². The lowest BCUT2D eigenvalue weighted by atomic mass is 10.0. The fraction of sp³-hybridized carbons (Fsp3) is 0.130. The first kappa shape index (κ1) is 20.1. The van der Waals surface area contributed by atoms with E-state index in [-0.39, 0.29) is 5.75 Å². The molecule has 156 valence electrons. The molecule has 0 radical (unpaired) electrons. The molecule has 0 aliphatic carbocycles. The van der Waals surface area contributed by atoms with Gasteiger partial charge < -0.3 is 15.3 Å². The quantitative estimate of drug-likeness (QED) is 0.313. The Morgan fingerprint density at radius 2 is 1.65 bits per heavy atom. The van der Waals surface area contributed by atoms with Crippen LogP contribution in [0.5, 0.6) is 5.75 Å². The minimum Gasteiger partial charge on any atom is -0.507 e. The van der Waals surface area contributed by atoms with Crippen LogP contribution >= 0.6 is 0 Å². The molecule has 0 saturated carbocycles. The largest absolute Gasteiger partial charge is 0.507 e. The van der Waals surface area contributed by atoms with Crippen molar-refractivity contribution in [3.05, 3.63) is 77.9 Å². The molecular weight excluding hydrogens is 390 g/mol. The van der Waals surface area contributed by atoms with Crippen LogP contribution in [0.1, 0.15) is 11.1 Å². The molecule has 1 heterocycles. The summed E-state index contributed by atoms with van der Waals surface area (Å²) in [6.45, 7) is 0.588. The second-order valence-corrected chi connectivity index (χ2v) is 7.11. The molecule has 0 bridgehead atoms. The van der Waals surface area contributed by atoms with Crippen LogP contribution in [0.2, 0.25) is 0 Å². The highest BCUT2D eigenvalue weighted by molar-refractivity contribution is 6.02. The van der Waals surface area contributed by atoms with E-state index in [4.69, 9.17) is 0 Å². The van der Waals surface area contributed by atoms with Crippen molar-refractivity contribution >= 4 is 34.8 Å². The van der Waals surface area contributed by atoms with Gasteiger partial charge in [0.2, 0.25) is 17.8 Å². The molecule has 0 aliphatic rings. The van der Waals surface area contributed by atoms with Crippen LogP contribution < -0.4 is 15.6 Å². The van der Waals surface area contributed by atoms with Gasteiger partial charge in [0.05, 0.1) is 6.21 Å². The Bertz CT molecular complexity index is 1210. The zero-order valence-electron chi connectivity index (χ0n) is 17.3. The van der Waals surface area contributed by atoms with E-state index in [1.165, 1.54) is 0 Å². The number of fused-ring (bicyclic) bond motifs is 1. The highest BCUT2D eigenvalue weighted by Gasteiger charge is 2.08. The predicted molar refractivity (Wildman–Crippen MR) is 125 cm³/mol. The van der Waals surface area contributed by atoms with Gasteiger partial charge >= 0.3 is 0 Å². The van der Waals surface area contributed by atoms with Gasteiger partial charge in [-0.3, -0.25) is 0 Å². The van der Waals surface area contributed by atoms with Gasteiger partial charge in [0.25, 0.3) is 0 Å². The van der Waals surface area contributed by atoms with Crippen molar-refractivity contribution in [1.29, 1.82) is 0 Å². The number of phenolic OH excluding ortho intramolecular Hbond substituents is 1. The zero-order chi connectivity index (χ0) is 21.6. The molecule has 1 aromatic heterocycles. The van der Waals surface area contributed by atoms with Crippen molar-refractivity contribution in [2.45, 2.75) is 6.54 Å². The summed E-state index contributed by atoms with van der Waals surface area (Å²) in [5.41, 5.74) is 4.59. The highest BCUT2D eigenvalue weighted by Crippen LogP contribution is 2.25. The normalized spacial score (nSPS) is 11.0. The lowest BCUT2D eigenvalue weighted by Crippen LogP contribution is -2.16. The zero-order valence-corrected chi connectivity index (χ0v) is 17.3. The third kappa shape index (κ3) is 4.87. The van der Waals surface area contributed by atoms with Gasteiger partial charge in [-0.1, -0.05) is 60.7 Å². The first-order valence-electron chi connectivity index (χ1n) is 9.81. The molecule has 0 saturated heterocycles. The summed E-state index contributed by atoms with van der Waals surface area (Å²) in [6, 6.07) is 21.3. The van der Waals surface area contributed by atoms with Gasteiger partial charge in [0, 0.05) is 26.2 Å². The first-order valence-corrected chi connectivity index (χ1v) is 9.81. The fourth-order valence-electron chi connectivity index (χ4n) is 3.05. The number of phenols is 1.